The Morgan fingerprint density at radius 1 is 0.789 bits per heavy atom. The fourth-order valence-electron chi connectivity index (χ4n) is 6.20. The molecule has 2 aliphatic rings. The Kier molecular flexibility index (Phi) is 7.36. The largest absolute Gasteiger partial charge is 0.454 e. The van der Waals surface area contributed by atoms with Crippen LogP contribution < -0.4 is 0 Å². The van der Waals surface area contributed by atoms with Gasteiger partial charge in [-0.05, 0) is 102 Å². The predicted octanol–water partition coefficient (Wildman–Crippen LogP) is 10.0. The van der Waals surface area contributed by atoms with E-state index in [1.165, 1.54) is 39.1 Å². The number of fused-ring (bicyclic) bond motifs is 1. The standard InChI is InChI=1S/C22H28O2.C14H14/c1-4-21(2,3)20(23)24-22(14-8-5-9-15-22)19-13-12-17-10-6-7-11-18(17)16-19;1-9-10(2)13-8-4-6-11-5-3-7-12(9)14(11)13/h6-7,10-13,16H,4-5,8-9,14-15H2,1-3H3;3-10H,1-2H3. The third-order valence-corrected chi connectivity index (χ3v) is 9.36. The molecule has 0 bridgehead atoms. The third kappa shape index (κ3) is 4.86. The Balaban J connectivity index is 0.000000177. The molecule has 0 N–H and O–H groups in total. The highest BCUT2D eigenvalue weighted by Gasteiger charge is 2.41. The molecular weight excluding hydrogens is 464 g/mol. The van der Waals surface area contributed by atoms with Crippen LogP contribution in [0.4, 0.5) is 0 Å². The Morgan fingerprint density at radius 2 is 1.37 bits per heavy atom. The van der Waals surface area contributed by atoms with Crippen LogP contribution in [0.3, 0.4) is 0 Å². The van der Waals surface area contributed by atoms with Gasteiger partial charge < -0.3 is 4.74 Å². The van der Waals surface area contributed by atoms with Gasteiger partial charge in [0.1, 0.15) is 5.60 Å². The summed E-state index contributed by atoms with van der Waals surface area (Å²) in [4.78, 5) is 12.8. The molecule has 6 rings (SSSR count). The molecule has 2 nitrogen and oxygen atoms in total. The molecule has 198 valence electrons. The summed E-state index contributed by atoms with van der Waals surface area (Å²) in [6, 6.07) is 28.2. The minimum Gasteiger partial charge on any atom is -0.454 e. The van der Waals surface area contributed by atoms with Crippen molar-refractivity contribution in [2.24, 2.45) is 5.41 Å². The minimum atomic E-state index is -0.453. The molecule has 0 saturated heterocycles. The van der Waals surface area contributed by atoms with Crippen LogP contribution in [0, 0.1) is 5.41 Å². The van der Waals surface area contributed by atoms with Crippen LogP contribution >= 0.6 is 0 Å². The summed E-state index contributed by atoms with van der Waals surface area (Å²) < 4.78 is 6.23. The van der Waals surface area contributed by atoms with Gasteiger partial charge in [0.25, 0.3) is 0 Å². The first-order chi connectivity index (χ1) is 18.3. The van der Waals surface area contributed by atoms with Crippen molar-refractivity contribution in [3.8, 4) is 0 Å². The molecule has 1 fully saturated rings. The first-order valence-electron chi connectivity index (χ1n) is 14.5. The van der Waals surface area contributed by atoms with Gasteiger partial charge in [-0.25, -0.2) is 0 Å². The molecule has 4 aromatic rings. The van der Waals surface area contributed by atoms with Crippen LogP contribution in [0.25, 0.3) is 21.5 Å². The van der Waals surface area contributed by atoms with Crippen LogP contribution in [-0.4, -0.2) is 5.97 Å². The van der Waals surface area contributed by atoms with E-state index in [0.29, 0.717) is 11.8 Å². The summed E-state index contributed by atoms with van der Waals surface area (Å²) in [6.45, 7) is 10.7. The molecule has 2 atom stereocenters. The Bertz CT molecular complexity index is 1400. The lowest BCUT2D eigenvalue weighted by molar-refractivity contribution is -0.176. The van der Waals surface area contributed by atoms with E-state index in [1.54, 1.807) is 0 Å². The molecular formula is C36H42O2. The Labute approximate surface area is 228 Å². The molecule has 0 aliphatic heterocycles. The van der Waals surface area contributed by atoms with E-state index in [0.717, 1.165) is 37.7 Å². The van der Waals surface area contributed by atoms with Crippen molar-refractivity contribution in [2.45, 2.75) is 90.6 Å². The van der Waals surface area contributed by atoms with Crippen LogP contribution in [0.15, 0.2) is 78.9 Å². The summed E-state index contributed by atoms with van der Waals surface area (Å²) in [5.74, 6) is 1.28. The predicted molar refractivity (Wildman–Crippen MR) is 160 cm³/mol. The molecule has 4 aromatic carbocycles. The highest BCUT2D eigenvalue weighted by Crippen LogP contribution is 2.46. The summed E-state index contributed by atoms with van der Waals surface area (Å²) >= 11 is 0. The zero-order valence-electron chi connectivity index (χ0n) is 23.7. The highest BCUT2D eigenvalue weighted by molar-refractivity contribution is 5.92. The smallest absolute Gasteiger partial charge is 0.312 e. The van der Waals surface area contributed by atoms with Gasteiger partial charge in [0.2, 0.25) is 0 Å². The Hall–Kier alpha value is -3.13. The SMILES string of the molecule is CC1c2cccc3cccc(c23)C1C.CCC(C)(C)C(=O)OC1(c2ccc3ccccc3c2)CCCCC1. The second kappa shape index (κ2) is 10.6. The first kappa shape index (κ1) is 26.5. The molecule has 38 heavy (non-hydrogen) atoms. The van der Waals surface area contributed by atoms with E-state index in [9.17, 15) is 4.79 Å². The lowest BCUT2D eigenvalue weighted by atomic mass is 9.78. The fraction of sp³-hybridized carbons (Fsp3) is 0.417. The molecule has 2 unspecified atom stereocenters. The van der Waals surface area contributed by atoms with Gasteiger partial charge in [-0.3, -0.25) is 4.79 Å². The lowest BCUT2D eigenvalue weighted by Gasteiger charge is -2.39. The number of hydrogen-bond acceptors (Lipinski definition) is 2. The van der Waals surface area contributed by atoms with Crippen molar-refractivity contribution >= 4 is 27.5 Å². The average molecular weight is 507 g/mol. The fourth-order valence-corrected chi connectivity index (χ4v) is 6.20. The number of esters is 1. The van der Waals surface area contributed by atoms with E-state index in [1.807, 2.05) is 20.8 Å². The van der Waals surface area contributed by atoms with Gasteiger partial charge in [-0.1, -0.05) is 100.0 Å². The average Bonchev–Trinajstić information content (AvgIpc) is 3.20. The van der Waals surface area contributed by atoms with Crippen molar-refractivity contribution in [2.75, 3.05) is 0 Å². The number of benzene rings is 4. The molecule has 1 saturated carbocycles. The normalized spacial score (nSPS) is 20.1. The maximum atomic E-state index is 12.8. The van der Waals surface area contributed by atoms with Crippen LogP contribution in [-0.2, 0) is 15.1 Å². The topological polar surface area (TPSA) is 26.3 Å². The quantitative estimate of drug-likeness (QED) is 0.257. The summed E-state index contributed by atoms with van der Waals surface area (Å²) in [7, 11) is 0. The number of carbonyl (C=O) groups excluding carboxylic acids is 1. The van der Waals surface area contributed by atoms with Gasteiger partial charge >= 0.3 is 5.97 Å². The van der Waals surface area contributed by atoms with Gasteiger partial charge in [0, 0.05) is 0 Å². The van der Waals surface area contributed by atoms with E-state index in [2.05, 4.69) is 92.7 Å². The molecule has 2 heteroatoms. The second-order valence-electron chi connectivity index (χ2n) is 12.1. The maximum Gasteiger partial charge on any atom is 0.312 e. The van der Waals surface area contributed by atoms with Crippen molar-refractivity contribution in [3.63, 3.8) is 0 Å². The molecule has 0 radical (unpaired) electrons. The monoisotopic (exact) mass is 506 g/mol. The molecule has 0 aromatic heterocycles. The van der Waals surface area contributed by atoms with E-state index in [-0.39, 0.29) is 5.97 Å². The van der Waals surface area contributed by atoms with Crippen LogP contribution in [0.1, 0.15) is 102 Å². The first-order valence-corrected chi connectivity index (χ1v) is 14.5. The molecule has 2 aliphatic carbocycles. The number of rotatable bonds is 4. The summed E-state index contributed by atoms with van der Waals surface area (Å²) in [5.41, 5.74) is 3.34. The lowest BCUT2D eigenvalue weighted by Crippen LogP contribution is -2.39. The van der Waals surface area contributed by atoms with E-state index < -0.39 is 11.0 Å². The zero-order chi connectivity index (χ0) is 26.9. The second-order valence-corrected chi connectivity index (χ2v) is 12.1. The van der Waals surface area contributed by atoms with E-state index >= 15 is 0 Å². The van der Waals surface area contributed by atoms with Crippen LogP contribution in [0.2, 0.25) is 0 Å². The van der Waals surface area contributed by atoms with Gasteiger partial charge in [-0.15, -0.1) is 0 Å². The molecule has 0 spiro atoms. The van der Waals surface area contributed by atoms with Crippen molar-refractivity contribution in [3.05, 3.63) is 95.6 Å². The van der Waals surface area contributed by atoms with Crippen molar-refractivity contribution in [1.82, 2.24) is 0 Å². The van der Waals surface area contributed by atoms with Gasteiger partial charge in [0.15, 0.2) is 0 Å². The molecule has 0 heterocycles. The van der Waals surface area contributed by atoms with Gasteiger partial charge in [-0.2, -0.15) is 0 Å². The highest BCUT2D eigenvalue weighted by atomic mass is 16.6. The number of carbonyl (C=O) groups is 1. The Morgan fingerprint density at radius 3 is 1.97 bits per heavy atom. The van der Waals surface area contributed by atoms with Gasteiger partial charge in [0.05, 0.1) is 5.41 Å². The third-order valence-electron chi connectivity index (χ3n) is 9.36. The number of ether oxygens (including phenoxy) is 1. The summed E-state index contributed by atoms with van der Waals surface area (Å²) in [6.07, 6.45) is 6.11. The minimum absolute atomic E-state index is 0.0694. The maximum absolute atomic E-state index is 12.8. The summed E-state index contributed by atoms with van der Waals surface area (Å²) in [5, 5.41) is 5.35. The van der Waals surface area contributed by atoms with Crippen molar-refractivity contribution in [1.29, 1.82) is 0 Å². The van der Waals surface area contributed by atoms with Crippen LogP contribution in [0.5, 0.6) is 0 Å². The molecule has 0 amide bonds. The van der Waals surface area contributed by atoms with E-state index in [4.69, 9.17) is 4.74 Å². The zero-order valence-corrected chi connectivity index (χ0v) is 23.7. The number of hydrogen-bond donors (Lipinski definition) is 0. The van der Waals surface area contributed by atoms with Crippen molar-refractivity contribution < 1.29 is 9.53 Å².